The summed E-state index contributed by atoms with van der Waals surface area (Å²) >= 11 is 1.28. The first kappa shape index (κ1) is 21.1. The summed E-state index contributed by atoms with van der Waals surface area (Å²) in [5, 5.41) is 8.70. The lowest BCUT2D eigenvalue weighted by molar-refractivity contribution is -0.127. The summed E-state index contributed by atoms with van der Waals surface area (Å²) in [7, 11) is 0. The quantitative estimate of drug-likeness (QED) is 0.522. The second-order valence-corrected chi connectivity index (χ2v) is 7.55. The molecule has 1 aromatic heterocycles. The Balaban J connectivity index is 2.02. The molecule has 8 heteroatoms. The number of hydrogen-bond acceptors (Lipinski definition) is 6. The number of aryl methyl sites for hydroxylation is 1. The summed E-state index contributed by atoms with van der Waals surface area (Å²) in [5.41, 5.74) is 2.28. The number of amides is 1. The van der Waals surface area contributed by atoms with Crippen molar-refractivity contribution in [3.05, 3.63) is 35.2 Å². The maximum Gasteiger partial charge on any atom is 0.233 e. The summed E-state index contributed by atoms with van der Waals surface area (Å²) < 4.78 is 7.36. The zero-order valence-electron chi connectivity index (χ0n) is 16.7. The third-order valence-electron chi connectivity index (χ3n) is 4.32. The molecule has 0 aliphatic rings. The van der Waals surface area contributed by atoms with Crippen LogP contribution in [0.3, 0.4) is 0 Å². The van der Waals surface area contributed by atoms with Gasteiger partial charge in [-0.15, -0.1) is 10.2 Å². The number of aromatic nitrogens is 3. The van der Waals surface area contributed by atoms with Crippen molar-refractivity contribution >= 4 is 17.7 Å². The molecule has 2 aromatic rings. The molecular weight excluding hydrogens is 362 g/mol. The summed E-state index contributed by atoms with van der Waals surface area (Å²) in [5.74, 6) is 8.14. The second kappa shape index (κ2) is 9.64. The Bertz CT molecular complexity index is 771. The van der Waals surface area contributed by atoms with Crippen molar-refractivity contribution in [1.29, 1.82) is 0 Å². The number of carbonyl (C=O) groups excluding carboxylic acids is 1. The fourth-order valence-corrected chi connectivity index (χ4v) is 3.46. The highest BCUT2D eigenvalue weighted by molar-refractivity contribution is 7.99. The molecular formula is C19H29N5O2S. The summed E-state index contributed by atoms with van der Waals surface area (Å²) in [6.07, 6.45) is 0. The largest absolute Gasteiger partial charge is 0.485 e. The molecule has 0 fully saturated rings. The van der Waals surface area contributed by atoms with E-state index in [0.717, 1.165) is 16.9 Å². The lowest BCUT2D eigenvalue weighted by Gasteiger charge is -2.17. The molecule has 0 atom stereocenters. The second-order valence-electron chi connectivity index (χ2n) is 6.61. The number of hydrogen-bond donors (Lipinski definition) is 1. The average molecular weight is 392 g/mol. The van der Waals surface area contributed by atoms with Crippen molar-refractivity contribution < 1.29 is 9.53 Å². The van der Waals surface area contributed by atoms with Crippen LogP contribution in [0.15, 0.2) is 23.4 Å². The van der Waals surface area contributed by atoms with Crippen LogP contribution in [0.2, 0.25) is 0 Å². The fourth-order valence-electron chi connectivity index (χ4n) is 2.68. The molecule has 1 amide bonds. The van der Waals surface area contributed by atoms with E-state index in [0.29, 0.717) is 30.0 Å². The zero-order chi connectivity index (χ0) is 20.0. The highest BCUT2D eigenvalue weighted by atomic mass is 32.2. The first-order chi connectivity index (χ1) is 12.9. The van der Waals surface area contributed by atoms with Gasteiger partial charge in [0.2, 0.25) is 11.1 Å². The Morgan fingerprint density at radius 2 is 2.00 bits per heavy atom. The number of nitrogens with two attached hydrogens (primary N) is 1. The molecule has 0 aliphatic heterocycles. The van der Waals surface area contributed by atoms with Gasteiger partial charge in [0, 0.05) is 13.1 Å². The fraction of sp³-hybridized carbons (Fsp3) is 0.526. The van der Waals surface area contributed by atoms with Crippen LogP contribution in [0.25, 0.3) is 0 Å². The van der Waals surface area contributed by atoms with E-state index in [1.165, 1.54) is 16.4 Å². The molecule has 2 N–H and O–H groups in total. The van der Waals surface area contributed by atoms with E-state index in [1.54, 1.807) is 4.90 Å². The van der Waals surface area contributed by atoms with Crippen LogP contribution in [0.5, 0.6) is 5.75 Å². The van der Waals surface area contributed by atoms with E-state index in [2.05, 4.69) is 36.2 Å². The molecule has 0 bridgehead atoms. The van der Waals surface area contributed by atoms with E-state index in [4.69, 9.17) is 10.6 Å². The Morgan fingerprint density at radius 3 is 2.63 bits per heavy atom. The predicted octanol–water partition coefficient (Wildman–Crippen LogP) is 2.96. The molecule has 1 heterocycles. The summed E-state index contributed by atoms with van der Waals surface area (Å²) in [6, 6.07) is 6.18. The molecule has 0 saturated heterocycles. The monoisotopic (exact) mass is 391 g/mol. The van der Waals surface area contributed by atoms with Crippen molar-refractivity contribution in [1.82, 2.24) is 19.8 Å². The van der Waals surface area contributed by atoms with Crippen LogP contribution in [0.4, 0.5) is 0 Å². The number of nitrogen functional groups attached to an aromatic ring is 1. The number of ether oxygens (including phenoxy) is 1. The van der Waals surface area contributed by atoms with Gasteiger partial charge in [-0.25, -0.2) is 4.68 Å². The molecule has 0 spiro atoms. The topological polar surface area (TPSA) is 86.3 Å². The van der Waals surface area contributed by atoms with Crippen molar-refractivity contribution in [2.45, 2.75) is 52.3 Å². The van der Waals surface area contributed by atoms with E-state index >= 15 is 0 Å². The smallest absolute Gasteiger partial charge is 0.233 e. The number of benzene rings is 1. The molecule has 0 aliphatic carbocycles. The number of nitrogens with zero attached hydrogens (tertiary/aromatic N) is 4. The van der Waals surface area contributed by atoms with Crippen LogP contribution < -0.4 is 10.6 Å². The van der Waals surface area contributed by atoms with Crippen LogP contribution in [-0.2, 0) is 11.4 Å². The lowest BCUT2D eigenvalue weighted by Crippen LogP contribution is -2.32. The van der Waals surface area contributed by atoms with Crippen molar-refractivity contribution in [2.75, 3.05) is 24.7 Å². The molecule has 0 saturated carbocycles. The third kappa shape index (κ3) is 5.38. The van der Waals surface area contributed by atoms with Crippen molar-refractivity contribution in [3.63, 3.8) is 0 Å². The maximum atomic E-state index is 12.1. The van der Waals surface area contributed by atoms with Gasteiger partial charge in [0.15, 0.2) is 5.82 Å². The Hall–Kier alpha value is -2.22. The molecule has 148 valence electrons. The Kier molecular flexibility index (Phi) is 7.53. The van der Waals surface area contributed by atoms with Gasteiger partial charge in [-0.2, -0.15) is 0 Å². The molecule has 0 radical (unpaired) electrons. The Labute approximate surface area is 165 Å². The number of carbonyl (C=O) groups is 1. The van der Waals surface area contributed by atoms with Crippen molar-refractivity contribution in [3.8, 4) is 5.75 Å². The van der Waals surface area contributed by atoms with Gasteiger partial charge in [0.25, 0.3) is 0 Å². The van der Waals surface area contributed by atoms with E-state index in [-0.39, 0.29) is 18.3 Å². The maximum absolute atomic E-state index is 12.1. The van der Waals surface area contributed by atoms with Crippen LogP contribution in [0, 0.1) is 6.92 Å². The van der Waals surface area contributed by atoms with Gasteiger partial charge in [-0.1, -0.05) is 37.7 Å². The Morgan fingerprint density at radius 1 is 1.30 bits per heavy atom. The minimum absolute atomic E-state index is 0.0622. The minimum atomic E-state index is 0.0622. The van der Waals surface area contributed by atoms with E-state index in [1.807, 2.05) is 26.8 Å². The minimum Gasteiger partial charge on any atom is -0.485 e. The van der Waals surface area contributed by atoms with E-state index < -0.39 is 0 Å². The summed E-state index contributed by atoms with van der Waals surface area (Å²) in [6.45, 7) is 11.8. The highest BCUT2D eigenvalue weighted by Crippen LogP contribution is 2.28. The predicted molar refractivity (Wildman–Crippen MR) is 108 cm³/mol. The molecule has 1 aromatic carbocycles. The van der Waals surface area contributed by atoms with Gasteiger partial charge in [-0.05, 0) is 43.9 Å². The lowest BCUT2D eigenvalue weighted by atomic mass is 10.0. The molecule has 27 heavy (non-hydrogen) atoms. The van der Waals surface area contributed by atoms with E-state index in [9.17, 15) is 4.79 Å². The highest BCUT2D eigenvalue weighted by Gasteiger charge is 2.16. The SMILES string of the molecule is CCN(CC)C(=O)CSc1nnc(COc2cc(C)ccc2C(C)C)n1N. The van der Waals surface area contributed by atoms with Gasteiger partial charge in [-0.3, -0.25) is 4.79 Å². The average Bonchev–Trinajstić information content (AvgIpc) is 2.98. The number of rotatable bonds is 9. The van der Waals surface area contributed by atoms with Crippen molar-refractivity contribution in [2.24, 2.45) is 0 Å². The van der Waals surface area contributed by atoms with Crippen LogP contribution >= 0.6 is 11.8 Å². The van der Waals surface area contributed by atoms with Gasteiger partial charge >= 0.3 is 0 Å². The third-order valence-corrected chi connectivity index (χ3v) is 5.25. The first-order valence-electron chi connectivity index (χ1n) is 9.20. The van der Waals surface area contributed by atoms with Gasteiger partial charge in [0.05, 0.1) is 5.75 Å². The standard InChI is InChI=1S/C19H29N5O2S/c1-6-23(7-2)18(25)12-27-19-22-21-17(24(19)20)11-26-16-10-14(5)8-9-15(16)13(3)4/h8-10,13H,6-7,11-12,20H2,1-5H3. The van der Waals surface area contributed by atoms with Gasteiger partial charge in [0.1, 0.15) is 12.4 Å². The normalized spacial score (nSPS) is 11.0. The van der Waals surface area contributed by atoms with Crippen LogP contribution in [-0.4, -0.2) is 44.5 Å². The van der Waals surface area contributed by atoms with Gasteiger partial charge < -0.3 is 15.5 Å². The summed E-state index contributed by atoms with van der Waals surface area (Å²) in [4.78, 5) is 13.9. The molecule has 0 unspecified atom stereocenters. The van der Waals surface area contributed by atoms with Crippen LogP contribution in [0.1, 0.15) is 50.6 Å². The molecule has 2 rings (SSSR count). The molecule has 7 nitrogen and oxygen atoms in total. The number of thioether (sulfide) groups is 1. The zero-order valence-corrected chi connectivity index (χ0v) is 17.5. The first-order valence-corrected chi connectivity index (χ1v) is 10.2.